The van der Waals surface area contributed by atoms with Crippen LogP contribution in [0, 0.1) is 5.92 Å². The molecule has 0 bridgehead atoms. The number of ether oxygens (including phenoxy) is 2. The fraction of sp³-hybridized carbons (Fsp3) is 1.00. The molecule has 4 heteroatoms. The number of morpholine rings is 1. The summed E-state index contributed by atoms with van der Waals surface area (Å²) in [5.74, 6) is 0.470. The van der Waals surface area contributed by atoms with Crippen molar-refractivity contribution < 1.29 is 9.47 Å². The van der Waals surface area contributed by atoms with E-state index in [0.717, 1.165) is 45.8 Å². The van der Waals surface area contributed by atoms with Gasteiger partial charge in [0.25, 0.3) is 0 Å². The molecule has 1 aliphatic heterocycles. The second-order valence-corrected chi connectivity index (χ2v) is 5.59. The molecule has 0 radical (unpaired) electrons. The van der Waals surface area contributed by atoms with E-state index in [0.29, 0.717) is 5.92 Å². The lowest BCUT2D eigenvalue weighted by molar-refractivity contribution is -0.0353. The Morgan fingerprint density at radius 1 is 1.39 bits per heavy atom. The van der Waals surface area contributed by atoms with E-state index in [1.165, 1.54) is 0 Å². The molecule has 0 amide bonds. The predicted molar refractivity (Wildman–Crippen MR) is 74.7 cm³/mol. The summed E-state index contributed by atoms with van der Waals surface area (Å²) in [4.78, 5) is 2.50. The number of hydrogen-bond acceptors (Lipinski definition) is 4. The van der Waals surface area contributed by atoms with E-state index in [-0.39, 0.29) is 11.6 Å². The highest BCUT2D eigenvalue weighted by molar-refractivity contribution is 4.97. The molecule has 3 atom stereocenters. The monoisotopic (exact) mass is 258 g/mol. The normalized spacial score (nSPS) is 24.5. The first kappa shape index (κ1) is 15.9. The van der Waals surface area contributed by atoms with E-state index < -0.39 is 0 Å². The lowest BCUT2D eigenvalue weighted by Gasteiger charge is -2.48. The van der Waals surface area contributed by atoms with Crippen LogP contribution in [0.4, 0.5) is 0 Å². The molecule has 0 saturated carbocycles. The summed E-state index contributed by atoms with van der Waals surface area (Å²) in [6, 6.07) is 0.177. The van der Waals surface area contributed by atoms with E-state index >= 15 is 0 Å². The van der Waals surface area contributed by atoms with Crippen LogP contribution < -0.4 is 5.73 Å². The van der Waals surface area contributed by atoms with Gasteiger partial charge in [-0.3, -0.25) is 4.90 Å². The van der Waals surface area contributed by atoms with E-state index in [9.17, 15) is 0 Å². The maximum Gasteiger partial charge on any atom is 0.0594 e. The molecule has 108 valence electrons. The summed E-state index contributed by atoms with van der Waals surface area (Å²) in [5.41, 5.74) is 6.61. The van der Waals surface area contributed by atoms with Crippen molar-refractivity contribution in [2.75, 3.05) is 40.0 Å². The van der Waals surface area contributed by atoms with Crippen LogP contribution in [0.5, 0.6) is 0 Å². The highest BCUT2D eigenvalue weighted by Crippen LogP contribution is 2.28. The number of methoxy groups -OCH3 is 1. The summed E-state index contributed by atoms with van der Waals surface area (Å²) in [7, 11) is 1.75. The van der Waals surface area contributed by atoms with E-state index in [1.807, 2.05) is 0 Å². The fourth-order valence-corrected chi connectivity index (χ4v) is 2.84. The highest BCUT2D eigenvalue weighted by Gasteiger charge is 2.39. The first-order valence-electron chi connectivity index (χ1n) is 7.13. The van der Waals surface area contributed by atoms with Gasteiger partial charge >= 0.3 is 0 Å². The molecule has 1 aliphatic rings. The minimum absolute atomic E-state index is 0.0664. The van der Waals surface area contributed by atoms with Gasteiger partial charge in [0.15, 0.2) is 0 Å². The summed E-state index contributed by atoms with van der Waals surface area (Å²) in [5, 5.41) is 0. The second-order valence-electron chi connectivity index (χ2n) is 5.59. The molecule has 0 aromatic rings. The lowest BCUT2D eigenvalue weighted by atomic mass is 9.79. The first-order valence-corrected chi connectivity index (χ1v) is 7.13. The van der Waals surface area contributed by atoms with Crippen molar-refractivity contribution in [3.05, 3.63) is 0 Å². The van der Waals surface area contributed by atoms with E-state index in [2.05, 4.69) is 25.7 Å². The van der Waals surface area contributed by atoms with Gasteiger partial charge in [-0.25, -0.2) is 0 Å². The number of rotatable bonds is 7. The number of hydrogen-bond donors (Lipinski definition) is 1. The molecule has 0 aromatic heterocycles. The molecule has 2 N–H and O–H groups in total. The van der Waals surface area contributed by atoms with Crippen molar-refractivity contribution in [2.24, 2.45) is 11.7 Å². The molecule has 0 spiro atoms. The zero-order chi connectivity index (χ0) is 13.6. The minimum Gasteiger partial charge on any atom is -0.385 e. The number of nitrogens with two attached hydrogens (primary N) is 1. The molecule has 1 heterocycles. The Balaban J connectivity index is 2.65. The van der Waals surface area contributed by atoms with Crippen LogP contribution in [0.1, 0.15) is 33.6 Å². The third-order valence-electron chi connectivity index (χ3n) is 4.56. The smallest absolute Gasteiger partial charge is 0.0594 e. The molecule has 1 saturated heterocycles. The van der Waals surface area contributed by atoms with Crippen molar-refractivity contribution in [1.82, 2.24) is 4.90 Å². The van der Waals surface area contributed by atoms with Crippen LogP contribution in [0.15, 0.2) is 0 Å². The molecular formula is C14H30N2O2. The van der Waals surface area contributed by atoms with Gasteiger partial charge in [-0.2, -0.15) is 0 Å². The summed E-state index contributed by atoms with van der Waals surface area (Å²) < 4.78 is 10.6. The van der Waals surface area contributed by atoms with Crippen LogP contribution in [-0.4, -0.2) is 56.5 Å². The average molecular weight is 258 g/mol. The van der Waals surface area contributed by atoms with Gasteiger partial charge < -0.3 is 15.2 Å². The Morgan fingerprint density at radius 2 is 2.00 bits per heavy atom. The minimum atomic E-state index is 0.0664. The predicted octanol–water partition coefficient (Wildman–Crippen LogP) is 1.49. The van der Waals surface area contributed by atoms with Gasteiger partial charge in [0.1, 0.15) is 0 Å². The third-order valence-corrected chi connectivity index (χ3v) is 4.56. The van der Waals surface area contributed by atoms with Crippen LogP contribution in [-0.2, 0) is 9.47 Å². The Labute approximate surface area is 112 Å². The largest absolute Gasteiger partial charge is 0.385 e. The van der Waals surface area contributed by atoms with Crippen LogP contribution in [0.3, 0.4) is 0 Å². The molecule has 4 nitrogen and oxygen atoms in total. The molecule has 1 rings (SSSR count). The summed E-state index contributed by atoms with van der Waals surface area (Å²) >= 11 is 0. The van der Waals surface area contributed by atoms with Crippen LogP contribution in [0.2, 0.25) is 0 Å². The molecule has 0 aliphatic carbocycles. The van der Waals surface area contributed by atoms with Gasteiger partial charge in [0.2, 0.25) is 0 Å². The zero-order valence-corrected chi connectivity index (χ0v) is 12.4. The van der Waals surface area contributed by atoms with Crippen molar-refractivity contribution in [1.29, 1.82) is 0 Å². The molecule has 3 unspecified atom stereocenters. The Morgan fingerprint density at radius 3 is 2.50 bits per heavy atom. The van der Waals surface area contributed by atoms with Gasteiger partial charge in [0, 0.05) is 38.4 Å². The van der Waals surface area contributed by atoms with E-state index in [1.54, 1.807) is 7.11 Å². The Kier molecular flexibility index (Phi) is 6.57. The van der Waals surface area contributed by atoms with Gasteiger partial charge in [-0.05, 0) is 25.7 Å². The summed E-state index contributed by atoms with van der Waals surface area (Å²) in [6.45, 7) is 11.2. The third kappa shape index (κ3) is 3.67. The Hall–Kier alpha value is -0.160. The lowest BCUT2D eigenvalue weighted by Crippen LogP contribution is -2.62. The van der Waals surface area contributed by atoms with Crippen molar-refractivity contribution in [3.8, 4) is 0 Å². The SMILES string of the molecule is CCC(C)(C(N)C(C)CCOC)N1CCOCC1. The van der Waals surface area contributed by atoms with Crippen molar-refractivity contribution in [3.63, 3.8) is 0 Å². The average Bonchev–Trinajstić information content (AvgIpc) is 2.43. The molecule has 1 fully saturated rings. The fourth-order valence-electron chi connectivity index (χ4n) is 2.84. The zero-order valence-electron chi connectivity index (χ0n) is 12.4. The van der Waals surface area contributed by atoms with Crippen molar-refractivity contribution in [2.45, 2.75) is 45.2 Å². The van der Waals surface area contributed by atoms with Crippen molar-refractivity contribution >= 4 is 0 Å². The van der Waals surface area contributed by atoms with Gasteiger partial charge in [0.05, 0.1) is 13.2 Å². The standard InChI is InChI=1S/C14H30N2O2/c1-5-14(3,16-7-10-18-11-8-16)13(15)12(2)6-9-17-4/h12-13H,5-11,15H2,1-4H3. The second kappa shape index (κ2) is 7.43. The quantitative estimate of drug-likeness (QED) is 0.751. The van der Waals surface area contributed by atoms with Crippen LogP contribution in [0.25, 0.3) is 0 Å². The maximum absolute atomic E-state index is 6.54. The first-order chi connectivity index (χ1) is 8.56. The maximum atomic E-state index is 6.54. The molecule has 18 heavy (non-hydrogen) atoms. The topological polar surface area (TPSA) is 47.7 Å². The van der Waals surface area contributed by atoms with Gasteiger partial charge in [-0.1, -0.05) is 13.8 Å². The molecular weight excluding hydrogens is 228 g/mol. The highest BCUT2D eigenvalue weighted by atomic mass is 16.5. The van der Waals surface area contributed by atoms with E-state index in [4.69, 9.17) is 15.2 Å². The number of nitrogens with zero attached hydrogens (tertiary/aromatic N) is 1. The van der Waals surface area contributed by atoms with Gasteiger partial charge in [-0.15, -0.1) is 0 Å². The Bertz CT molecular complexity index is 232. The van der Waals surface area contributed by atoms with Crippen LogP contribution >= 0.6 is 0 Å². The molecule has 0 aromatic carbocycles. The summed E-state index contributed by atoms with van der Waals surface area (Å²) in [6.07, 6.45) is 2.10.